The molecule has 1 amide bonds. The molecule has 0 spiro atoms. The van der Waals surface area contributed by atoms with Gasteiger partial charge in [-0.15, -0.1) is 0 Å². The summed E-state index contributed by atoms with van der Waals surface area (Å²) in [6.45, 7) is 1.57. The number of rotatable bonds is 55. The minimum Gasteiger partial charge on any atom is -0.394 e. The SMILES string of the molecule is CC/C=C\C/C=C\C/C=C\C/C=C\C/C=C\C/C=C\C/C=C\C/C=C\C/C=C\C/C=C\C/C=C\CCCCCCCCCC(=O)NC(COC1OC(CO)C(OC2OC(CO)C(OC3OC(CO)C(O)C(O)C3O)C(O)C2O)C(O)C1O)C(O)/C=C/CCCCCCCCCCCC. The first-order valence-corrected chi connectivity index (χ1v) is 37.1. The summed E-state index contributed by atoms with van der Waals surface area (Å²) < 4.78 is 34.3. The zero-order valence-electron chi connectivity index (χ0n) is 59.2. The second-order valence-corrected chi connectivity index (χ2v) is 25.7. The average molecular weight is 1380 g/mol. The van der Waals surface area contributed by atoms with Crippen molar-refractivity contribution >= 4 is 5.91 Å². The van der Waals surface area contributed by atoms with E-state index in [0.717, 1.165) is 141 Å². The standard InChI is InChI=1S/C79H129NO18/c1-3-5-7-9-11-13-15-17-18-19-20-21-22-23-24-25-26-27-28-29-30-31-32-33-34-35-36-37-38-39-40-41-42-43-44-45-47-49-51-53-55-57-67(85)80-62(63(84)56-54-52-50-48-46-16-14-12-10-8-6-4-2)61-93-77-73(91)70(88)75(65(59-82)95-77)98-79-74(92)71(89)76(66(60-83)96-79)97-78-72(90)69(87)68(86)64(58-81)94-78/h5,7,11,13,17-18,20-21,23-24,26-27,29-30,32-33,35-36,38-39,41-42,54,56,62-66,68-79,81-84,86-92H,3-4,6,8-10,12,14-16,19,22,25,28,31,34,37,40,43-53,55,57-61H2,1-2H3,(H,80,85)/b7-5-,13-11-,18-17-,21-20-,24-23-,27-26-,30-29-,33-32-,36-35-,39-38-,42-41-,56-54+. The maximum Gasteiger partial charge on any atom is 0.220 e. The molecule has 3 fully saturated rings. The average Bonchev–Trinajstić information content (AvgIpc) is 0.785. The van der Waals surface area contributed by atoms with Gasteiger partial charge in [0.2, 0.25) is 5.91 Å². The summed E-state index contributed by atoms with van der Waals surface area (Å²) in [5, 5.41) is 120. The van der Waals surface area contributed by atoms with E-state index in [1.807, 2.05) is 6.08 Å². The molecule has 98 heavy (non-hydrogen) atoms. The molecule has 0 aromatic carbocycles. The molecule has 3 aliphatic heterocycles. The van der Waals surface area contributed by atoms with Gasteiger partial charge in [-0.3, -0.25) is 4.79 Å². The fourth-order valence-electron chi connectivity index (χ4n) is 11.4. The van der Waals surface area contributed by atoms with Crippen LogP contribution >= 0.6 is 0 Å². The fourth-order valence-corrected chi connectivity index (χ4v) is 11.4. The molecule has 3 saturated heterocycles. The highest BCUT2D eigenvalue weighted by molar-refractivity contribution is 5.76. The first-order valence-electron chi connectivity index (χ1n) is 37.1. The van der Waals surface area contributed by atoms with Crippen LogP contribution in [-0.2, 0) is 33.2 Å². The molecule has 0 bridgehead atoms. The van der Waals surface area contributed by atoms with E-state index in [4.69, 9.17) is 28.4 Å². The Morgan fingerprint density at radius 1 is 0.378 bits per heavy atom. The number of unbranched alkanes of at least 4 members (excludes halogenated alkanes) is 17. The van der Waals surface area contributed by atoms with Crippen molar-refractivity contribution in [3.05, 3.63) is 146 Å². The quantitative estimate of drug-likeness (QED) is 0.0199. The molecule has 3 aliphatic rings. The molecular formula is C79H129NO18. The van der Waals surface area contributed by atoms with Crippen molar-refractivity contribution in [2.45, 2.75) is 317 Å². The molecular weight excluding hydrogens is 1250 g/mol. The number of aliphatic hydroxyl groups is 11. The molecule has 558 valence electrons. The highest BCUT2D eigenvalue weighted by Crippen LogP contribution is 2.33. The molecule has 19 nitrogen and oxygen atoms in total. The molecule has 3 heterocycles. The Labute approximate surface area is 587 Å². The van der Waals surface area contributed by atoms with Crippen LogP contribution in [-0.4, -0.2) is 193 Å². The van der Waals surface area contributed by atoms with Crippen LogP contribution in [0.3, 0.4) is 0 Å². The van der Waals surface area contributed by atoms with Crippen LogP contribution in [0.25, 0.3) is 0 Å². The lowest BCUT2D eigenvalue weighted by atomic mass is 9.96. The number of ether oxygens (including phenoxy) is 6. The van der Waals surface area contributed by atoms with E-state index in [1.54, 1.807) is 6.08 Å². The Kier molecular flexibility index (Phi) is 52.2. The number of carbonyl (C=O) groups is 1. The van der Waals surface area contributed by atoms with Crippen LogP contribution in [0.2, 0.25) is 0 Å². The smallest absolute Gasteiger partial charge is 0.220 e. The largest absolute Gasteiger partial charge is 0.394 e. The van der Waals surface area contributed by atoms with Crippen LogP contribution in [0.15, 0.2) is 146 Å². The van der Waals surface area contributed by atoms with E-state index in [0.29, 0.717) is 6.42 Å². The van der Waals surface area contributed by atoms with Crippen molar-refractivity contribution in [3.8, 4) is 0 Å². The van der Waals surface area contributed by atoms with Gasteiger partial charge in [-0.25, -0.2) is 0 Å². The number of allylic oxidation sites excluding steroid dienone is 23. The molecule has 12 N–H and O–H groups in total. The monoisotopic (exact) mass is 1380 g/mol. The highest BCUT2D eigenvalue weighted by Gasteiger charge is 2.53. The van der Waals surface area contributed by atoms with Crippen molar-refractivity contribution in [2.24, 2.45) is 0 Å². The Hall–Kier alpha value is -4.33. The van der Waals surface area contributed by atoms with E-state index in [9.17, 15) is 61.0 Å². The summed E-state index contributed by atoms with van der Waals surface area (Å²) in [5.74, 6) is -0.294. The second-order valence-electron chi connectivity index (χ2n) is 25.7. The maximum atomic E-state index is 13.4. The Morgan fingerprint density at radius 2 is 0.704 bits per heavy atom. The van der Waals surface area contributed by atoms with Gasteiger partial charge in [0.15, 0.2) is 18.9 Å². The number of amides is 1. The molecule has 17 atom stereocenters. The second kappa shape index (κ2) is 58.2. The predicted molar refractivity (Wildman–Crippen MR) is 387 cm³/mol. The molecule has 0 aromatic rings. The maximum absolute atomic E-state index is 13.4. The van der Waals surface area contributed by atoms with Crippen molar-refractivity contribution in [2.75, 3.05) is 26.4 Å². The van der Waals surface area contributed by atoms with Crippen molar-refractivity contribution in [1.82, 2.24) is 5.32 Å². The molecule has 0 radical (unpaired) electrons. The van der Waals surface area contributed by atoms with Gasteiger partial charge in [0.25, 0.3) is 0 Å². The Morgan fingerprint density at radius 3 is 1.10 bits per heavy atom. The third kappa shape index (κ3) is 38.6. The first kappa shape index (κ1) is 87.9. The Bertz CT molecular complexity index is 2340. The number of carbonyl (C=O) groups excluding carboxylic acids is 1. The molecule has 0 aromatic heterocycles. The van der Waals surface area contributed by atoms with Crippen molar-refractivity contribution in [3.63, 3.8) is 0 Å². The van der Waals surface area contributed by atoms with Crippen LogP contribution < -0.4 is 5.32 Å². The lowest BCUT2D eigenvalue weighted by Gasteiger charge is -2.48. The van der Waals surface area contributed by atoms with E-state index in [1.165, 1.54) is 44.9 Å². The van der Waals surface area contributed by atoms with Crippen LogP contribution in [0.1, 0.15) is 213 Å². The van der Waals surface area contributed by atoms with Crippen molar-refractivity contribution in [1.29, 1.82) is 0 Å². The lowest BCUT2D eigenvalue weighted by molar-refractivity contribution is -0.379. The molecule has 19 heteroatoms. The first-order chi connectivity index (χ1) is 47.8. The minimum absolute atomic E-state index is 0.221. The number of hydrogen-bond donors (Lipinski definition) is 12. The summed E-state index contributed by atoms with van der Waals surface area (Å²) in [6, 6.07) is -0.989. The number of nitrogens with one attached hydrogen (secondary N) is 1. The molecule has 17 unspecified atom stereocenters. The topological polar surface area (TPSA) is 307 Å². The summed E-state index contributed by atoms with van der Waals surface area (Å²) in [4.78, 5) is 13.4. The van der Waals surface area contributed by atoms with Crippen LogP contribution in [0.5, 0.6) is 0 Å². The Balaban J connectivity index is 1.33. The van der Waals surface area contributed by atoms with Crippen LogP contribution in [0, 0.1) is 0 Å². The zero-order chi connectivity index (χ0) is 71.1. The highest BCUT2D eigenvalue weighted by atomic mass is 16.8. The number of aliphatic hydroxyl groups excluding tert-OH is 11. The van der Waals surface area contributed by atoms with Crippen LogP contribution in [0.4, 0.5) is 0 Å². The minimum atomic E-state index is -1.99. The van der Waals surface area contributed by atoms with Gasteiger partial charge in [-0.2, -0.15) is 0 Å². The summed E-state index contributed by atoms with van der Waals surface area (Å²) in [5.41, 5.74) is 0. The summed E-state index contributed by atoms with van der Waals surface area (Å²) in [7, 11) is 0. The lowest BCUT2D eigenvalue weighted by Crippen LogP contribution is -2.66. The normalized spacial score (nSPS) is 27.6. The van der Waals surface area contributed by atoms with Crippen molar-refractivity contribution < 1.29 is 89.4 Å². The zero-order valence-corrected chi connectivity index (χ0v) is 59.2. The number of hydrogen-bond acceptors (Lipinski definition) is 18. The van der Waals surface area contributed by atoms with Gasteiger partial charge in [0, 0.05) is 6.42 Å². The fraction of sp³-hybridized carbons (Fsp3) is 0.684. The van der Waals surface area contributed by atoms with Gasteiger partial charge in [0.05, 0.1) is 38.6 Å². The molecule has 3 rings (SSSR count). The van der Waals surface area contributed by atoms with E-state index < -0.39 is 124 Å². The van der Waals surface area contributed by atoms with Gasteiger partial charge in [-0.05, 0) is 103 Å². The predicted octanol–water partition coefficient (Wildman–Crippen LogP) is 11.1. The van der Waals surface area contributed by atoms with Gasteiger partial charge in [0.1, 0.15) is 73.2 Å². The third-order valence-electron chi connectivity index (χ3n) is 17.4. The van der Waals surface area contributed by atoms with E-state index in [-0.39, 0.29) is 18.9 Å². The summed E-state index contributed by atoms with van der Waals surface area (Å²) >= 11 is 0. The molecule has 0 aliphatic carbocycles. The van der Waals surface area contributed by atoms with E-state index in [2.05, 4.69) is 153 Å². The van der Waals surface area contributed by atoms with E-state index >= 15 is 0 Å². The molecule has 0 saturated carbocycles. The van der Waals surface area contributed by atoms with Gasteiger partial charge >= 0.3 is 0 Å². The third-order valence-corrected chi connectivity index (χ3v) is 17.4. The van der Waals surface area contributed by atoms with Gasteiger partial charge in [-0.1, -0.05) is 250 Å². The van der Waals surface area contributed by atoms with Gasteiger partial charge < -0.3 is 89.9 Å². The summed E-state index contributed by atoms with van der Waals surface area (Å²) in [6.07, 6.45) is 57.0.